The van der Waals surface area contributed by atoms with Gasteiger partial charge in [0.05, 0.1) is 36.5 Å². The molecule has 0 saturated carbocycles. The van der Waals surface area contributed by atoms with Crippen molar-refractivity contribution in [2.75, 3.05) is 50.8 Å². The van der Waals surface area contributed by atoms with E-state index in [-0.39, 0.29) is 42.5 Å². The first-order valence-electron chi connectivity index (χ1n) is 11.2. The largest absolute Gasteiger partial charge is 0.487 e. The van der Waals surface area contributed by atoms with Crippen molar-refractivity contribution >= 4 is 17.6 Å². The summed E-state index contributed by atoms with van der Waals surface area (Å²) >= 11 is 0. The van der Waals surface area contributed by atoms with E-state index in [0.717, 1.165) is 6.07 Å². The van der Waals surface area contributed by atoms with E-state index < -0.39 is 11.7 Å². The number of nitrogens with one attached hydrogen (secondary N) is 1. The molecule has 4 heterocycles. The lowest BCUT2D eigenvalue weighted by atomic mass is 9.99. The summed E-state index contributed by atoms with van der Waals surface area (Å²) in [7, 11) is 0. The van der Waals surface area contributed by atoms with Crippen LogP contribution in [0.5, 0.6) is 5.75 Å². The van der Waals surface area contributed by atoms with Gasteiger partial charge in [0.1, 0.15) is 18.5 Å². The molecule has 5 rings (SSSR count). The number of hydrogen-bond acceptors (Lipinski definition) is 5. The van der Waals surface area contributed by atoms with Crippen LogP contribution >= 0.6 is 0 Å². The van der Waals surface area contributed by atoms with E-state index in [9.17, 15) is 22.8 Å². The maximum Gasteiger partial charge on any atom is 0.418 e. The van der Waals surface area contributed by atoms with E-state index in [2.05, 4.69) is 5.32 Å². The van der Waals surface area contributed by atoms with Gasteiger partial charge in [-0.15, -0.1) is 0 Å². The first-order chi connectivity index (χ1) is 15.7. The number of carbonyl (C=O) groups excluding carboxylic acids is 2. The zero-order valence-corrected chi connectivity index (χ0v) is 18.3. The van der Waals surface area contributed by atoms with Crippen LogP contribution < -0.4 is 15.0 Å². The number of piperidine rings is 1. The van der Waals surface area contributed by atoms with E-state index >= 15 is 0 Å². The number of likely N-dealkylation sites (tertiary alicyclic amines) is 2. The fraction of sp³-hybridized carbons (Fsp3) is 0.636. The molecule has 8 nitrogen and oxygen atoms in total. The van der Waals surface area contributed by atoms with Crippen molar-refractivity contribution in [1.29, 1.82) is 0 Å². The van der Waals surface area contributed by atoms with Crippen molar-refractivity contribution in [2.24, 2.45) is 5.92 Å². The fourth-order valence-electron chi connectivity index (χ4n) is 4.92. The summed E-state index contributed by atoms with van der Waals surface area (Å²) in [5.41, 5.74) is -0.515. The predicted molar refractivity (Wildman–Crippen MR) is 112 cm³/mol. The Morgan fingerprint density at radius 2 is 1.91 bits per heavy atom. The summed E-state index contributed by atoms with van der Waals surface area (Å²) in [6.45, 7) is 4.91. The summed E-state index contributed by atoms with van der Waals surface area (Å²) in [4.78, 5) is 29.5. The second kappa shape index (κ2) is 8.27. The highest BCUT2D eigenvalue weighted by Crippen LogP contribution is 2.41. The van der Waals surface area contributed by atoms with E-state index in [1.165, 1.54) is 12.1 Å². The Morgan fingerprint density at radius 1 is 1.15 bits per heavy atom. The lowest BCUT2D eigenvalue weighted by molar-refractivity contribution is -0.140. The van der Waals surface area contributed by atoms with Crippen LogP contribution in [0.1, 0.15) is 18.9 Å². The van der Waals surface area contributed by atoms with Crippen molar-refractivity contribution in [3.63, 3.8) is 0 Å². The Bertz CT molecular complexity index is 931. The number of amides is 3. The number of nitrogens with zero attached hydrogens (tertiary/aromatic N) is 3. The molecule has 2 atom stereocenters. The van der Waals surface area contributed by atoms with Crippen molar-refractivity contribution in [3.05, 3.63) is 23.8 Å². The van der Waals surface area contributed by atoms with Crippen LogP contribution in [0.4, 0.5) is 23.7 Å². The molecule has 33 heavy (non-hydrogen) atoms. The highest BCUT2D eigenvalue weighted by Gasteiger charge is 2.41. The maximum absolute atomic E-state index is 13.4. The molecule has 3 amide bonds. The van der Waals surface area contributed by atoms with Crippen molar-refractivity contribution in [3.8, 4) is 5.75 Å². The number of anilines is 1. The Balaban J connectivity index is 1.17. The molecular formula is C22H27F3N4O4. The highest BCUT2D eigenvalue weighted by atomic mass is 19.4. The van der Waals surface area contributed by atoms with Crippen molar-refractivity contribution in [2.45, 2.75) is 37.8 Å². The molecule has 4 saturated heterocycles. The number of morpholine rings is 1. The zero-order chi connectivity index (χ0) is 23.3. The number of alkyl halides is 3. The maximum atomic E-state index is 13.4. The molecule has 11 heteroatoms. The molecular weight excluding hydrogens is 441 g/mol. The summed E-state index contributed by atoms with van der Waals surface area (Å²) in [6, 6.07) is 3.54. The summed E-state index contributed by atoms with van der Waals surface area (Å²) in [6.07, 6.45) is -4.11. The normalized spacial score (nSPS) is 26.3. The molecule has 0 aliphatic carbocycles. The SMILES string of the molecule is CC1CN(c2cc(OC3CN(C(=O)N4CC[C@@H]5OCC(=O)N[C@@H]5C4)C3)ccc2C(F)(F)F)C1. The third kappa shape index (κ3) is 4.42. The summed E-state index contributed by atoms with van der Waals surface area (Å²) in [5, 5.41) is 2.88. The molecule has 4 aliphatic heterocycles. The van der Waals surface area contributed by atoms with Gasteiger partial charge in [0.25, 0.3) is 0 Å². The number of hydrogen-bond donors (Lipinski definition) is 1. The van der Waals surface area contributed by atoms with Crippen molar-refractivity contribution < 1.29 is 32.2 Å². The molecule has 1 aromatic rings. The van der Waals surface area contributed by atoms with Gasteiger partial charge in [-0.3, -0.25) is 4.79 Å². The number of fused-ring (bicyclic) bond motifs is 1. The number of carbonyl (C=O) groups is 2. The van der Waals surface area contributed by atoms with Gasteiger partial charge in [-0.05, 0) is 24.5 Å². The monoisotopic (exact) mass is 468 g/mol. The molecule has 1 N–H and O–H groups in total. The Morgan fingerprint density at radius 3 is 2.61 bits per heavy atom. The van der Waals surface area contributed by atoms with Gasteiger partial charge in [-0.2, -0.15) is 13.2 Å². The predicted octanol–water partition coefficient (Wildman–Crippen LogP) is 1.93. The number of benzene rings is 1. The van der Waals surface area contributed by atoms with Crippen molar-refractivity contribution in [1.82, 2.24) is 15.1 Å². The van der Waals surface area contributed by atoms with Gasteiger partial charge in [0.2, 0.25) is 5.91 Å². The van der Waals surface area contributed by atoms with Gasteiger partial charge in [-0.25, -0.2) is 4.79 Å². The van der Waals surface area contributed by atoms with Gasteiger partial charge in [0, 0.05) is 32.2 Å². The highest BCUT2D eigenvalue weighted by molar-refractivity contribution is 5.79. The van der Waals surface area contributed by atoms with Gasteiger partial charge in [-0.1, -0.05) is 6.92 Å². The average molecular weight is 468 g/mol. The third-order valence-corrected chi connectivity index (χ3v) is 6.70. The second-order valence-corrected chi connectivity index (χ2v) is 9.37. The van der Waals surface area contributed by atoms with Crippen LogP contribution in [-0.2, 0) is 15.7 Å². The second-order valence-electron chi connectivity index (χ2n) is 9.37. The van der Waals surface area contributed by atoms with Gasteiger partial charge in [0.15, 0.2) is 0 Å². The average Bonchev–Trinajstić information content (AvgIpc) is 2.71. The Hall–Kier alpha value is -2.69. The van der Waals surface area contributed by atoms with Crippen LogP contribution in [-0.4, -0.2) is 85.9 Å². The molecule has 1 aromatic carbocycles. The quantitative estimate of drug-likeness (QED) is 0.734. The number of urea groups is 1. The number of ether oxygens (including phenoxy) is 2. The van der Waals surface area contributed by atoms with Crippen LogP contribution in [0.2, 0.25) is 0 Å². The van der Waals surface area contributed by atoms with E-state index in [0.29, 0.717) is 57.4 Å². The molecule has 4 fully saturated rings. The van der Waals surface area contributed by atoms with Crippen LogP contribution in [0.15, 0.2) is 18.2 Å². The molecule has 0 radical (unpaired) electrons. The van der Waals surface area contributed by atoms with Crippen LogP contribution in [0.3, 0.4) is 0 Å². The number of rotatable bonds is 3. The third-order valence-electron chi connectivity index (χ3n) is 6.70. The first-order valence-corrected chi connectivity index (χ1v) is 11.2. The topological polar surface area (TPSA) is 74.3 Å². The molecule has 0 spiro atoms. The Kier molecular flexibility index (Phi) is 5.54. The lowest BCUT2D eigenvalue weighted by Crippen LogP contribution is -2.65. The summed E-state index contributed by atoms with van der Waals surface area (Å²) in [5.74, 6) is 0.560. The van der Waals surface area contributed by atoms with Crippen LogP contribution in [0.25, 0.3) is 0 Å². The minimum absolute atomic E-state index is 0.0582. The number of halogens is 3. The Labute approximate surface area is 189 Å². The zero-order valence-electron chi connectivity index (χ0n) is 18.3. The smallest absolute Gasteiger partial charge is 0.418 e. The minimum atomic E-state index is -4.43. The molecule has 0 bridgehead atoms. The minimum Gasteiger partial charge on any atom is -0.487 e. The summed E-state index contributed by atoms with van der Waals surface area (Å²) < 4.78 is 51.7. The standard InChI is InChI=1S/C22H27F3N4O4/c1-13-7-28(8-13)18-6-14(2-3-16(18)22(23,24)25)33-15-9-29(10-15)21(31)27-5-4-19-17(11-27)26-20(30)12-32-19/h2-3,6,13,15,17,19H,4-5,7-12H2,1H3,(H,26,30)/t17-,19+/m1/s1. The molecule has 4 aliphatic rings. The lowest BCUT2D eigenvalue weighted by Gasteiger charge is -2.46. The van der Waals surface area contributed by atoms with Gasteiger partial charge >= 0.3 is 12.2 Å². The van der Waals surface area contributed by atoms with E-state index in [1.807, 2.05) is 6.92 Å². The van der Waals surface area contributed by atoms with E-state index in [4.69, 9.17) is 9.47 Å². The van der Waals surface area contributed by atoms with Gasteiger partial charge < -0.3 is 29.5 Å². The van der Waals surface area contributed by atoms with Crippen LogP contribution in [0, 0.1) is 5.92 Å². The molecule has 180 valence electrons. The first kappa shape index (κ1) is 22.1. The fourth-order valence-corrected chi connectivity index (χ4v) is 4.92. The molecule has 0 aromatic heterocycles. The van der Waals surface area contributed by atoms with E-state index in [1.54, 1.807) is 14.7 Å². The molecule has 0 unspecified atom stereocenters.